The van der Waals surface area contributed by atoms with Crippen LogP contribution in [0.5, 0.6) is 5.75 Å². The number of rotatable bonds is 5. The molecule has 0 bridgehead atoms. The number of hydrogen-bond acceptors (Lipinski definition) is 3. The molecule has 0 spiro atoms. The third-order valence-corrected chi connectivity index (χ3v) is 3.59. The van der Waals surface area contributed by atoms with E-state index in [0.717, 1.165) is 43.9 Å². The minimum atomic E-state index is 0.113. The van der Waals surface area contributed by atoms with Gasteiger partial charge in [-0.15, -0.1) is 0 Å². The Kier molecular flexibility index (Phi) is 5.41. The molecule has 4 heteroatoms. The second-order valence-corrected chi connectivity index (χ2v) is 5.44. The summed E-state index contributed by atoms with van der Waals surface area (Å²) in [5.41, 5.74) is 0.838. The molecule has 1 aliphatic rings. The Morgan fingerprint density at radius 3 is 2.80 bits per heavy atom. The zero-order valence-electron chi connectivity index (χ0n) is 12.3. The van der Waals surface area contributed by atoms with Crippen LogP contribution in [-0.2, 0) is 4.79 Å². The van der Waals surface area contributed by atoms with Gasteiger partial charge in [0, 0.05) is 17.6 Å². The van der Waals surface area contributed by atoms with Gasteiger partial charge in [0.05, 0.1) is 6.61 Å². The molecule has 2 N–H and O–H groups in total. The van der Waals surface area contributed by atoms with Gasteiger partial charge in [0.2, 0.25) is 5.91 Å². The van der Waals surface area contributed by atoms with Crippen LogP contribution in [0.3, 0.4) is 0 Å². The van der Waals surface area contributed by atoms with Crippen molar-refractivity contribution in [2.45, 2.75) is 39.2 Å². The largest absolute Gasteiger partial charge is 0.494 e. The van der Waals surface area contributed by atoms with Gasteiger partial charge in [0.1, 0.15) is 5.75 Å². The summed E-state index contributed by atoms with van der Waals surface area (Å²) in [5, 5.41) is 6.35. The molecular weight excluding hydrogens is 252 g/mol. The predicted octanol–water partition coefficient (Wildman–Crippen LogP) is 2.80. The van der Waals surface area contributed by atoms with Crippen molar-refractivity contribution < 1.29 is 9.53 Å². The molecule has 1 amide bonds. The average molecular weight is 276 g/mol. The third kappa shape index (κ3) is 4.23. The highest BCUT2D eigenvalue weighted by molar-refractivity contribution is 5.92. The molecule has 4 nitrogen and oxygen atoms in total. The van der Waals surface area contributed by atoms with Crippen molar-refractivity contribution in [3.05, 3.63) is 24.3 Å². The first kappa shape index (κ1) is 14.9. The van der Waals surface area contributed by atoms with Crippen LogP contribution in [0.25, 0.3) is 0 Å². The Morgan fingerprint density at radius 2 is 2.15 bits per heavy atom. The summed E-state index contributed by atoms with van der Waals surface area (Å²) in [7, 11) is 0. The second-order valence-electron chi connectivity index (χ2n) is 5.44. The van der Waals surface area contributed by atoms with Gasteiger partial charge >= 0.3 is 0 Å². The summed E-state index contributed by atoms with van der Waals surface area (Å²) in [6.07, 6.45) is 2.81. The maximum absolute atomic E-state index is 12.2. The van der Waals surface area contributed by atoms with Gasteiger partial charge in [-0.3, -0.25) is 4.79 Å². The van der Waals surface area contributed by atoms with Crippen molar-refractivity contribution in [3.63, 3.8) is 0 Å². The summed E-state index contributed by atoms with van der Waals surface area (Å²) in [6, 6.07) is 8.01. The molecule has 1 aromatic carbocycles. The smallest absolute Gasteiger partial charge is 0.227 e. The molecule has 1 aliphatic heterocycles. The van der Waals surface area contributed by atoms with Crippen LogP contribution in [0.2, 0.25) is 0 Å². The maximum atomic E-state index is 12.2. The Morgan fingerprint density at radius 1 is 1.40 bits per heavy atom. The van der Waals surface area contributed by atoms with Crippen molar-refractivity contribution in [3.8, 4) is 5.75 Å². The molecule has 0 radical (unpaired) electrons. The first-order chi connectivity index (χ1) is 9.69. The highest BCUT2D eigenvalue weighted by Gasteiger charge is 2.24. The Labute approximate surface area is 120 Å². The van der Waals surface area contributed by atoms with Crippen LogP contribution in [0.15, 0.2) is 24.3 Å². The van der Waals surface area contributed by atoms with E-state index in [1.54, 1.807) is 0 Å². The van der Waals surface area contributed by atoms with Crippen molar-refractivity contribution >= 4 is 11.6 Å². The van der Waals surface area contributed by atoms with Gasteiger partial charge in [-0.05, 0) is 57.0 Å². The van der Waals surface area contributed by atoms with Crippen LogP contribution in [0.1, 0.15) is 33.1 Å². The fourth-order valence-electron chi connectivity index (χ4n) is 2.47. The number of hydrogen-bond donors (Lipinski definition) is 2. The minimum absolute atomic E-state index is 0.113. The molecular formula is C16H24N2O2. The molecule has 0 saturated carbocycles. The van der Waals surface area contributed by atoms with E-state index in [4.69, 9.17) is 4.74 Å². The van der Waals surface area contributed by atoms with E-state index in [1.807, 2.05) is 24.3 Å². The number of amides is 1. The highest BCUT2D eigenvalue weighted by atomic mass is 16.5. The molecule has 0 aliphatic carbocycles. The van der Waals surface area contributed by atoms with Gasteiger partial charge in [-0.1, -0.05) is 6.92 Å². The normalized spacial score (nSPS) is 22.3. The van der Waals surface area contributed by atoms with Crippen LogP contribution < -0.4 is 15.4 Å². The topological polar surface area (TPSA) is 50.4 Å². The monoisotopic (exact) mass is 276 g/mol. The zero-order chi connectivity index (χ0) is 14.4. The number of carbonyl (C=O) groups excluding carboxylic acids is 1. The number of piperidine rings is 1. The lowest BCUT2D eigenvalue weighted by Gasteiger charge is -2.27. The number of carbonyl (C=O) groups is 1. The van der Waals surface area contributed by atoms with Crippen LogP contribution in [0, 0.1) is 5.92 Å². The van der Waals surface area contributed by atoms with E-state index in [0.29, 0.717) is 6.04 Å². The van der Waals surface area contributed by atoms with E-state index in [-0.39, 0.29) is 11.8 Å². The second kappa shape index (κ2) is 7.29. The quantitative estimate of drug-likeness (QED) is 0.869. The minimum Gasteiger partial charge on any atom is -0.494 e. The van der Waals surface area contributed by atoms with Gasteiger partial charge in [-0.25, -0.2) is 0 Å². The zero-order valence-corrected chi connectivity index (χ0v) is 12.3. The van der Waals surface area contributed by atoms with E-state index in [1.165, 1.54) is 0 Å². The fourth-order valence-corrected chi connectivity index (χ4v) is 2.47. The standard InChI is InChI=1S/C16H24N2O2/c1-3-10-20-15-6-4-14(5-7-15)18-16(19)13-8-9-17-12(2)11-13/h4-7,12-13,17H,3,8-11H2,1-2H3,(H,18,19). The number of anilines is 1. The summed E-state index contributed by atoms with van der Waals surface area (Å²) in [6.45, 7) is 5.84. The molecule has 0 aromatic heterocycles. The van der Waals surface area contributed by atoms with Gasteiger partial charge < -0.3 is 15.4 Å². The predicted molar refractivity (Wildman–Crippen MR) is 81.0 cm³/mol. The van der Waals surface area contributed by atoms with E-state index < -0.39 is 0 Å². The molecule has 2 atom stereocenters. The van der Waals surface area contributed by atoms with Crippen LogP contribution in [0.4, 0.5) is 5.69 Å². The number of ether oxygens (including phenoxy) is 1. The van der Waals surface area contributed by atoms with Gasteiger partial charge in [0.15, 0.2) is 0 Å². The van der Waals surface area contributed by atoms with Crippen LogP contribution >= 0.6 is 0 Å². The molecule has 2 rings (SSSR count). The third-order valence-electron chi connectivity index (χ3n) is 3.59. The number of benzene rings is 1. The van der Waals surface area contributed by atoms with E-state index in [9.17, 15) is 4.79 Å². The van der Waals surface area contributed by atoms with Crippen molar-refractivity contribution in [1.29, 1.82) is 0 Å². The first-order valence-corrected chi connectivity index (χ1v) is 7.46. The Hall–Kier alpha value is -1.55. The van der Waals surface area contributed by atoms with Gasteiger partial charge in [0.25, 0.3) is 0 Å². The Bertz CT molecular complexity index is 431. The molecule has 1 aromatic rings. The summed E-state index contributed by atoms with van der Waals surface area (Å²) in [5.74, 6) is 1.09. The van der Waals surface area contributed by atoms with E-state index in [2.05, 4.69) is 24.5 Å². The molecule has 1 heterocycles. The number of nitrogens with one attached hydrogen (secondary N) is 2. The lowest BCUT2D eigenvalue weighted by atomic mass is 9.92. The van der Waals surface area contributed by atoms with Crippen molar-refractivity contribution in [2.75, 3.05) is 18.5 Å². The summed E-state index contributed by atoms with van der Waals surface area (Å²) < 4.78 is 5.52. The molecule has 2 unspecified atom stereocenters. The SMILES string of the molecule is CCCOc1ccc(NC(=O)C2CCNC(C)C2)cc1. The first-order valence-electron chi connectivity index (χ1n) is 7.46. The van der Waals surface area contributed by atoms with Crippen molar-refractivity contribution in [2.24, 2.45) is 5.92 Å². The average Bonchev–Trinajstić information content (AvgIpc) is 2.46. The fraction of sp³-hybridized carbons (Fsp3) is 0.562. The maximum Gasteiger partial charge on any atom is 0.227 e. The molecule has 110 valence electrons. The van der Waals surface area contributed by atoms with Crippen molar-refractivity contribution in [1.82, 2.24) is 5.32 Å². The lowest BCUT2D eigenvalue weighted by molar-refractivity contribution is -0.120. The summed E-state index contributed by atoms with van der Waals surface area (Å²) >= 11 is 0. The molecule has 20 heavy (non-hydrogen) atoms. The lowest BCUT2D eigenvalue weighted by Crippen LogP contribution is -2.40. The van der Waals surface area contributed by atoms with Crippen LogP contribution in [-0.4, -0.2) is 25.1 Å². The summed E-state index contributed by atoms with van der Waals surface area (Å²) in [4.78, 5) is 12.2. The van der Waals surface area contributed by atoms with Gasteiger partial charge in [-0.2, -0.15) is 0 Å². The Balaban J connectivity index is 1.87. The highest BCUT2D eigenvalue weighted by Crippen LogP contribution is 2.20. The molecule has 1 fully saturated rings. The van der Waals surface area contributed by atoms with E-state index >= 15 is 0 Å². The molecule has 1 saturated heterocycles.